The number of hydrogen-bond acceptors (Lipinski definition) is 3. The zero-order valence-electron chi connectivity index (χ0n) is 9.72. The highest BCUT2D eigenvalue weighted by Crippen LogP contribution is 2.09. The molecule has 17 heavy (non-hydrogen) atoms. The van der Waals surface area contributed by atoms with Gasteiger partial charge in [-0.25, -0.2) is 13.1 Å². The Balaban J connectivity index is 1.94. The van der Waals surface area contributed by atoms with Gasteiger partial charge in [-0.1, -0.05) is 24.6 Å². The fraction of sp³-hybridized carbons (Fsp3) is 0.500. The van der Waals surface area contributed by atoms with E-state index in [0.29, 0.717) is 11.4 Å². The standard InChI is InChI=1S/C12H18N2O2S/c15-17(16,12-7-2-1-3-8-12)14-10-11-6-4-5-9-13-11/h1-3,7-8,11,13-14H,4-6,9-10H2/t11-/m0/s1. The number of hydrogen-bond donors (Lipinski definition) is 2. The minimum absolute atomic E-state index is 0.266. The summed E-state index contributed by atoms with van der Waals surface area (Å²) in [4.78, 5) is 0.329. The van der Waals surface area contributed by atoms with Crippen molar-refractivity contribution in [3.05, 3.63) is 30.3 Å². The molecule has 94 valence electrons. The van der Waals surface area contributed by atoms with Gasteiger partial charge in [-0.2, -0.15) is 0 Å². The van der Waals surface area contributed by atoms with Crippen molar-refractivity contribution in [2.24, 2.45) is 0 Å². The number of piperidine rings is 1. The third-order valence-corrected chi connectivity index (χ3v) is 4.43. The van der Waals surface area contributed by atoms with Crippen LogP contribution >= 0.6 is 0 Å². The van der Waals surface area contributed by atoms with Gasteiger partial charge in [-0.15, -0.1) is 0 Å². The Morgan fingerprint density at radius 2 is 2.00 bits per heavy atom. The average Bonchev–Trinajstić information content (AvgIpc) is 2.39. The van der Waals surface area contributed by atoms with E-state index in [4.69, 9.17) is 0 Å². The van der Waals surface area contributed by atoms with E-state index in [1.807, 2.05) is 6.07 Å². The van der Waals surface area contributed by atoms with Gasteiger partial charge in [-0.05, 0) is 31.5 Å². The van der Waals surface area contributed by atoms with E-state index in [0.717, 1.165) is 13.0 Å². The van der Waals surface area contributed by atoms with Gasteiger partial charge in [0.15, 0.2) is 0 Å². The molecule has 1 aromatic rings. The Kier molecular flexibility index (Phi) is 4.15. The van der Waals surface area contributed by atoms with Crippen LogP contribution in [0, 0.1) is 0 Å². The normalized spacial score (nSPS) is 21.3. The zero-order valence-corrected chi connectivity index (χ0v) is 10.5. The molecule has 1 saturated heterocycles. The Labute approximate surface area is 102 Å². The Bertz CT molecular complexity index is 439. The third-order valence-electron chi connectivity index (χ3n) is 2.99. The Morgan fingerprint density at radius 3 is 2.65 bits per heavy atom. The van der Waals surface area contributed by atoms with Crippen LogP contribution in [-0.2, 0) is 10.0 Å². The highest BCUT2D eigenvalue weighted by molar-refractivity contribution is 7.89. The summed E-state index contributed by atoms with van der Waals surface area (Å²) in [5.41, 5.74) is 0. The van der Waals surface area contributed by atoms with Gasteiger partial charge < -0.3 is 5.32 Å². The Hall–Kier alpha value is -0.910. The van der Waals surface area contributed by atoms with Crippen LogP contribution in [0.3, 0.4) is 0 Å². The molecule has 0 saturated carbocycles. The zero-order chi connectivity index (χ0) is 12.1. The summed E-state index contributed by atoms with van der Waals surface area (Å²) in [6.07, 6.45) is 3.39. The molecule has 1 aromatic carbocycles. The quantitative estimate of drug-likeness (QED) is 0.846. The summed E-state index contributed by atoms with van der Waals surface area (Å²) in [5, 5.41) is 3.32. The van der Waals surface area contributed by atoms with E-state index in [-0.39, 0.29) is 6.04 Å². The molecule has 0 unspecified atom stereocenters. The molecule has 0 aromatic heterocycles. The lowest BCUT2D eigenvalue weighted by Gasteiger charge is -2.23. The molecule has 1 atom stereocenters. The van der Waals surface area contributed by atoms with Gasteiger partial charge in [0, 0.05) is 12.6 Å². The minimum atomic E-state index is -3.35. The molecule has 1 fully saturated rings. The van der Waals surface area contributed by atoms with E-state index in [9.17, 15) is 8.42 Å². The van der Waals surface area contributed by atoms with Gasteiger partial charge in [0.25, 0.3) is 0 Å². The highest BCUT2D eigenvalue weighted by atomic mass is 32.2. The van der Waals surface area contributed by atoms with E-state index < -0.39 is 10.0 Å². The largest absolute Gasteiger partial charge is 0.313 e. The van der Waals surface area contributed by atoms with Crippen molar-refractivity contribution in [3.8, 4) is 0 Å². The van der Waals surface area contributed by atoms with Crippen LogP contribution in [0.25, 0.3) is 0 Å². The first-order valence-corrected chi connectivity index (χ1v) is 7.45. The SMILES string of the molecule is O=S(=O)(NC[C@@H]1CCCCN1)c1ccccc1. The number of sulfonamides is 1. The molecule has 5 heteroatoms. The number of benzene rings is 1. The van der Waals surface area contributed by atoms with Crippen LogP contribution in [0.1, 0.15) is 19.3 Å². The highest BCUT2D eigenvalue weighted by Gasteiger charge is 2.17. The molecule has 0 aliphatic carbocycles. The molecule has 1 aliphatic heterocycles. The second-order valence-corrected chi connectivity index (χ2v) is 6.08. The van der Waals surface area contributed by atoms with Crippen molar-refractivity contribution in [2.45, 2.75) is 30.2 Å². The first kappa shape index (κ1) is 12.5. The molecule has 0 spiro atoms. The maximum atomic E-state index is 11.9. The van der Waals surface area contributed by atoms with Gasteiger partial charge in [0.2, 0.25) is 10.0 Å². The van der Waals surface area contributed by atoms with E-state index in [1.165, 1.54) is 12.8 Å². The molecule has 4 nitrogen and oxygen atoms in total. The molecular weight excluding hydrogens is 236 g/mol. The van der Waals surface area contributed by atoms with Crippen LogP contribution in [-0.4, -0.2) is 27.5 Å². The van der Waals surface area contributed by atoms with E-state index >= 15 is 0 Å². The second kappa shape index (κ2) is 5.62. The van der Waals surface area contributed by atoms with Crippen LogP contribution < -0.4 is 10.0 Å². The molecule has 0 amide bonds. The van der Waals surface area contributed by atoms with Crippen LogP contribution in [0.5, 0.6) is 0 Å². The predicted molar refractivity (Wildman–Crippen MR) is 67.3 cm³/mol. The van der Waals surface area contributed by atoms with Crippen LogP contribution in [0.15, 0.2) is 35.2 Å². The average molecular weight is 254 g/mol. The summed E-state index contributed by atoms with van der Waals surface area (Å²) < 4.78 is 26.5. The summed E-state index contributed by atoms with van der Waals surface area (Å²) in [6, 6.07) is 8.75. The maximum Gasteiger partial charge on any atom is 0.240 e. The maximum absolute atomic E-state index is 11.9. The lowest BCUT2D eigenvalue weighted by molar-refractivity contribution is 0.398. The van der Waals surface area contributed by atoms with Gasteiger partial charge >= 0.3 is 0 Å². The third kappa shape index (κ3) is 3.52. The van der Waals surface area contributed by atoms with Crippen molar-refractivity contribution in [3.63, 3.8) is 0 Å². The molecule has 0 bridgehead atoms. The predicted octanol–water partition coefficient (Wildman–Crippen LogP) is 1.11. The van der Waals surface area contributed by atoms with Crippen LogP contribution in [0.2, 0.25) is 0 Å². The molecule has 2 rings (SSSR count). The summed E-state index contributed by atoms with van der Waals surface area (Å²) >= 11 is 0. The lowest BCUT2D eigenvalue weighted by atomic mass is 10.1. The Morgan fingerprint density at radius 1 is 1.24 bits per heavy atom. The van der Waals surface area contributed by atoms with Gasteiger partial charge in [-0.3, -0.25) is 0 Å². The second-order valence-electron chi connectivity index (χ2n) is 4.31. The van der Waals surface area contributed by atoms with Crippen molar-refractivity contribution >= 4 is 10.0 Å². The van der Waals surface area contributed by atoms with E-state index in [2.05, 4.69) is 10.0 Å². The summed E-state index contributed by atoms with van der Waals surface area (Å²) in [7, 11) is -3.35. The molecule has 1 aliphatic rings. The fourth-order valence-corrected chi connectivity index (χ4v) is 3.09. The first-order chi connectivity index (χ1) is 8.18. The topological polar surface area (TPSA) is 58.2 Å². The van der Waals surface area contributed by atoms with Crippen molar-refractivity contribution in [2.75, 3.05) is 13.1 Å². The first-order valence-electron chi connectivity index (χ1n) is 5.96. The molecule has 2 N–H and O–H groups in total. The van der Waals surface area contributed by atoms with Crippen molar-refractivity contribution in [1.29, 1.82) is 0 Å². The minimum Gasteiger partial charge on any atom is -0.313 e. The summed E-state index contributed by atoms with van der Waals surface area (Å²) in [6.45, 7) is 1.45. The molecular formula is C12H18N2O2S. The van der Waals surface area contributed by atoms with Gasteiger partial charge in [0.1, 0.15) is 0 Å². The molecule has 1 heterocycles. The van der Waals surface area contributed by atoms with Crippen molar-refractivity contribution < 1.29 is 8.42 Å². The van der Waals surface area contributed by atoms with Crippen molar-refractivity contribution in [1.82, 2.24) is 10.0 Å². The summed E-state index contributed by atoms with van der Waals surface area (Å²) in [5.74, 6) is 0. The smallest absolute Gasteiger partial charge is 0.240 e. The molecule has 0 radical (unpaired) electrons. The fourth-order valence-electron chi connectivity index (χ4n) is 1.99. The number of rotatable bonds is 4. The monoisotopic (exact) mass is 254 g/mol. The van der Waals surface area contributed by atoms with E-state index in [1.54, 1.807) is 24.3 Å². The number of nitrogens with one attached hydrogen (secondary N) is 2. The van der Waals surface area contributed by atoms with Gasteiger partial charge in [0.05, 0.1) is 4.90 Å². The van der Waals surface area contributed by atoms with Crippen LogP contribution in [0.4, 0.5) is 0 Å². The lowest BCUT2D eigenvalue weighted by Crippen LogP contribution is -2.43.